The maximum Gasteiger partial charge on any atom is 0.297 e. The lowest BCUT2D eigenvalue weighted by Gasteiger charge is -2.08. The molecule has 120 heavy (non-hydrogen) atoms. The van der Waals surface area contributed by atoms with Gasteiger partial charge in [-0.3, -0.25) is 0 Å². The van der Waals surface area contributed by atoms with Gasteiger partial charge in [0.1, 0.15) is 61.8 Å². The van der Waals surface area contributed by atoms with Crippen molar-refractivity contribution >= 4 is 62.0 Å². The van der Waals surface area contributed by atoms with Crippen LogP contribution in [0.2, 0.25) is 0 Å². The zero-order chi connectivity index (χ0) is 83.0. The molecule has 5 aromatic heterocycles. The average molecular weight is 1800 g/mol. The first-order valence-corrected chi connectivity index (χ1v) is 36.2. The van der Waals surface area contributed by atoms with Gasteiger partial charge in [0, 0.05) is 123 Å². The van der Waals surface area contributed by atoms with Crippen molar-refractivity contribution in [3.8, 4) is 85.7 Å². The van der Waals surface area contributed by atoms with E-state index in [0.29, 0.717) is 174 Å². The van der Waals surface area contributed by atoms with E-state index in [2.05, 4.69) is 50.4 Å². The van der Waals surface area contributed by atoms with Crippen molar-refractivity contribution in [3.63, 3.8) is 0 Å². The molecule has 42 heteroatoms. The van der Waals surface area contributed by atoms with Crippen LogP contribution in [0.5, 0.6) is 28.7 Å². The molecule has 0 atom stereocenters. The van der Waals surface area contributed by atoms with Crippen LogP contribution in [0, 0.1) is 0 Å². The Kier molecular flexibility index (Phi) is 41.2. The summed E-state index contributed by atoms with van der Waals surface area (Å²) in [7, 11) is 4.84. The third-order valence-corrected chi connectivity index (χ3v) is 17.7. The van der Waals surface area contributed by atoms with Crippen molar-refractivity contribution < 1.29 is 76.4 Å². The van der Waals surface area contributed by atoms with Gasteiger partial charge in [-0.1, -0.05) is 0 Å². The van der Waals surface area contributed by atoms with E-state index in [0.717, 1.165) is 21.4 Å². The zero-order valence-corrected chi connectivity index (χ0v) is 69.6. The number of benzene rings is 5. The summed E-state index contributed by atoms with van der Waals surface area (Å²) in [6.45, 7) is 5.45. The smallest absolute Gasteiger partial charge is 0.297 e. The van der Waals surface area contributed by atoms with E-state index < -0.39 is 35.7 Å². The quantitative estimate of drug-likeness (QED) is 0.0245. The van der Waals surface area contributed by atoms with E-state index in [-0.39, 0.29) is 157 Å². The number of nitrogens with two attached hydrogens (primary N) is 5. The van der Waals surface area contributed by atoms with Crippen molar-refractivity contribution in [3.05, 3.63) is 210 Å². The standard InChI is InChI=1S/C17H20F2N4O.2C16H18F2N4O.C15H17F3N4O.C14H15F3N4O.5ClH/c1-2-23-15(21-16(22-23)17(19)7-8-17)13-3-5-14(6-4-13)24-11-12(9-18)10-20;1-22-14(20-15(21-22)16(18)6-7-16)12-2-4-13(5-3-12)23-10-11(8-17)9-19;1-22-15(16(18)6-7-16)20-14(21-22)12-2-4-13(5-3-12)23-10-11(8-17)9-19;1-2-22-15(13(17)18)20-14(21-22)11-3-5-12(6-4-11)23-9-10(7-16)8-19;1-21-14(12(16)17)19-13(20-21)10-2-4-11(5-3-10)22-8-9(6-15)7-18;;;;;/h3-6,9H,2,7-8,10-11,20H2,1H3;2*2-5,8H,6-7,9-10,19H2,1H3;3-7,13H,2,8-9,19H2,1H3;2-6,12H,7-8,18H2,1H3;5*1H/b12-9+;2*11-8+;10-7+;9-6+;;;;;. The molecule has 13 rings (SSSR count). The number of nitrogens with zero attached hydrogens (tertiary/aromatic N) is 15. The monoisotopic (exact) mass is 1790 g/mol. The van der Waals surface area contributed by atoms with Crippen LogP contribution in [-0.2, 0) is 51.2 Å². The molecular formula is C78H93Cl5F12N20O5. The molecule has 3 aliphatic carbocycles. The molecule has 0 saturated heterocycles. The summed E-state index contributed by atoms with van der Waals surface area (Å²) in [4.78, 5) is 20.6. The summed E-state index contributed by atoms with van der Waals surface area (Å²) >= 11 is 0. The van der Waals surface area contributed by atoms with Gasteiger partial charge >= 0.3 is 0 Å². The van der Waals surface area contributed by atoms with Crippen LogP contribution in [0.25, 0.3) is 56.9 Å². The third kappa shape index (κ3) is 28.0. The average Bonchev–Trinajstić information content (AvgIpc) is 1.60. The van der Waals surface area contributed by atoms with Crippen LogP contribution in [0.15, 0.2) is 181 Å². The molecule has 0 unspecified atom stereocenters. The van der Waals surface area contributed by atoms with E-state index >= 15 is 0 Å². The third-order valence-electron chi connectivity index (χ3n) is 17.7. The highest BCUT2D eigenvalue weighted by Crippen LogP contribution is 2.50. The highest BCUT2D eigenvalue weighted by molar-refractivity contribution is 5.86. The van der Waals surface area contributed by atoms with E-state index in [1.54, 1.807) is 127 Å². The second kappa shape index (κ2) is 48.4. The minimum absolute atomic E-state index is 0. The molecule has 5 aromatic carbocycles. The van der Waals surface area contributed by atoms with Crippen molar-refractivity contribution in [1.29, 1.82) is 0 Å². The number of hydrogen-bond acceptors (Lipinski definition) is 20. The van der Waals surface area contributed by atoms with E-state index in [1.165, 1.54) is 16.4 Å². The number of aromatic nitrogens is 15. The molecular weight excluding hydrogens is 1700 g/mol. The minimum atomic E-state index is -2.68. The molecule has 3 saturated carbocycles. The summed E-state index contributed by atoms with van der Waals surface area (Å²) in [5.41, 5.74) is 28.1. The number of ether oxygens (including phenoxy) is 5. The molecule has 25 nitrogen and oxygen atoms in total. The number of aryl methyl sites for hydroxylation is 5. The Bertz CT molecular complexity index is 4880. The van der Waals surface area contributed by atoms with Crippen LogP contribution in [0.4, 0.5) is 52.7 Å². The molecule has 3 aliphatic rings. The van der Waals surface area contributed by atoms with Crippen molar-refractivity contribution in [2.24, 2.45) is 49.8 Å². The first-order chi connectivity index (χ1) is 55.3. The largest absolute Gasteiger partial charge is 0.489 e. The highest BCUT2D eigenvalue weighted by atomic mass is 35.5. The van der Waals surface area contributed by atoms with Gasteiger partial charge < -0.3 is 52.4 Å². The van der Waals surface area contributed by atoms with Gasteiger partial charge in [-0.25, -0.2) is 101 Å². The fourth-order valence-electron chi connectivity index (χ4n) is 10.3. The Morgan fingerprint density at radius 2 is 0.633 bits per heavy atom. The van der Waals surface area contributed by atoms with Crippen LogP contribution in [0.1, 0.15) is 94.3 Å². The molecule has 5 heterocycles. The molecule has 0 bridgehead atoms. The van der Waals surface area contributed by atoms with Crippen LogP contribution >= 0.6 is 62.0 Å². The predicted molar refractivity (Wildman–Crippen MR) is 442 cm³/mol. The maximum atomic E-state index is 14.2. The van der Waals surface area contributed by atoms with Crippen molar-refractivity contribution in [2.75, 3.05) is 65.8 Å². The van der Waals surface area contributed by atoms with Gasteiger partial charge in [0.15, 0.2) is 75.3 Å². The lowest BCUT2D eigenvalue weighted by molar-refractivity contribution is 0.134. The summed E-state index contributed by atoms with van der Waals surface area (Å²) in [6, 6.07) is 34.4. The molecule has 0 aliphatic heterocycles. The molecule has 0 spiro atoms. The Balaban J connectivity index is 0.000000312. The van der Waals surface area contributed by atoms with Crippen molar-refractivity contribution in [2.45, 2.75) is 95.3 Å². The van der Waals surface area contributed by atoms with Crippen LogP contribution in [-0.4, -0.2) is 140 Å². The first kappa shape index (κ1) is 102. The first-order valence-electron chi connectivity index (χ1n) is 36.2. The maximum absolute atomic E-state index is 14.2. The highest BCUT2D eigenvalue weighted by Gasteiger charge is 2.51. The number of alkyl halides is 7. The SMILES string of the molecule is CCn1nc(-c2ccc(OC/C(=C/F)CN)cc2)nc1C(F)F.CCn1nc(C2(F)CC2)nc1-c1ccc(OC/C(=C/F)CN)cc1.Cl.Cl.Cl.Cl.Cl.Cn1nc(-c2ccc(OC/C(=C/F)CN)cc2)nc1C(F)F.Cn1nc(-c2ccc(OC/C(=C/F)CN)cc2)nc1C1(F)CC1.Cn1nc(C2(F)CC2)nc1-c1ccc(OC/C(=C/F)CN)cc1. The van der Waals surface area contributed by atoms with Crippen LogP contribution < -0.4 is 52.4 Å². The van der Waals surface area contributed by atoms with E-state index in [4.69, 9.17) is 52.4 Å². The van der Waals surface area contributed by atoms with Crippen molar-refractivity contribution in [1.82, 2.24) is 73.8 Å². The summed E-state index contributed by atoms with van der Waals surface area (Å²) in [6.07, 6.45) is -0.227. The molecule has 10 aromatic rings. The minimum Gasteiger partial charge on any atom is -0.489 e. The Hall–Kier alpha value is -10.1. The summed E-state index contributed by atoms with van der Waals surface area (Å²) < 4.78 is 190. The van der Waals surface area contributed by atoms with Gasteiger partial charge in [-0.15, -0.1) is 62.0 Å². The van der Waals surface area contributed by atoms with Crippen LogP contribution in [0.3, 0.4) is 0 Å². The Morgan fingerprint density at radius 1 is 0.350 bits per heavy atom. The summed E-state index contributed by atoms with van der Waals surface area (Å²) in [5, 5.41) is 20.7. The molecule has 3 fully saturated rings. The fraction of sp³-hybridized carbons (Fsp3) is 0.359. The second-order valence-electron chi connectivity index (χ2n) is 26.3. The van der Waals surface area contributed by atoms with Gasteiger partial charge in [-0.05, 0) is 174 Å². The predicted octanol–water partition coefficient (Wildman–Crippen LogP) is 16.2. The topological polar surface area (TPSA) is 330 Å². The van der Waals surface area contributed by atoms with E-state index in [9.17, 15) is 52.7 Å². The second-order valence-corrected chi connectivity index (χ2v) is 26.3. The van der Waals surface area contributed by atoms with Gasteiger partial charge in [0.25, 0.3) is 12.9 Å². The number of halogens is 17. The number of rotatable bonds is 32. The fourth-order valence-corrected chi connectivity index (χ4v) is 10.3. The zero-order valence-electron chi connectivity index (χ0n) is 65.5. The van der Waals surface area contributed by atoms with E-state index in [1.807, 2.05) is 31.2 Å². The lowest BCUT2D eigenvalue weighted by Crippen LogP contribution is -2.10. The van der Waals surface area contributed by atoms with Gasteiger partial charge in [0.05, 0.1) is 31.6 Å². The Morgan fingerprint density at radius 3 is 0.925 bits per heavy atom. The lowest BCUT2D eigenvalue weighted by atomic mass is 10.2. The number of hydrogen-bond donors (Lipinski definition) is 5. The molecule has 10 N–H and O–H groups in total. The summed E-state index contributed by atoms with van der Waals surface area (Å²) in [5.74, 6) is 5.04. The van der Waals surface area contributed by atoms with Gasteiger partial charge in [0.2, 0.25) is 0 Å². The van der Waals surface area contributed by atoms with Gasteiger partial charge in [-0.2, -0.15) is 25.5 Å². The molecule has 0 radical (unpaired) electrons. The molecule has 0 amide bonds. The Labute approximate surface area is 715 Å². The molecule has 654 valence electrons. The normalized spacial score (nSPS) is 14.1.